The zero-order valence-electron chi connectivity index (χ0n) is 31.5. The number of halogens is 1. The smallest absolute Gasteiger partial charge is 0.335 e. The van der Waals surface area contributed by atoms with Gasteiger partial charge in [0, 0.05) is 31.0 Å². The summed E-state index contributed by atoms with van der Waals surface area (Å²) in [5.74, 6) is -6.66. The van der Waals surface area contributed by atoms with E-state index in [0.717, 1.165) is 30.3 Å². The second-order valence-corrected chi connectivity index (χ2v) is 13.9. The van der Waals surface area contributed by atoms with Gasteiger partial charge in [-0.2, -0.15) is 0 Å². The summed E-state index contributed by atoms with van der Waals surface area (Å²) in [6.07, 6.45) is -2.62. The average molecular weight is 837 g/mol. The summed E-state index contributed by atoms with van der Waals surface area (Å²) in [7, 11) is 0. The van der Waals surface area contributed by atoms with Gasteiger partial charge in [0.05, 0.1) is 21.9 Å². The third-order valence-corrected chi connectivity index (χ3v) is 9.05. The van der Waals surface area contributed by atoms with Crippen LogP contribution >= 0.6 is 12.4 Å². The van der Waals surface area contributed by atoms with Crippen LogP contribution in [0.1, 0.15) is 43.0 Å². The van der Waals surface area contributed by atoms with Gasteiger partial charge in [0.15, 0.2) is 17.6 Å². The predicted molar refractivity (Wildman–Crippen MR) is 211 cm³/mol. The van der Waals surface area contributed by atoms with Gasteiger partial charge >= 0.3 is 11.7 Å². The number of hydrogen-bond acceptors (Lipinski definition) is 13. The molecule has 4 bridgehead atoms. The number of non-ortho nitro benzene ring substituents is 1. The Hall–Kier alpha value is -6.83. The molecule has 5 atom stereocenters. The number of amides is 3. The number of rotatable bonds is 12. The Morgan fingerprint density at radius 1 is 0.949 bits per heavy atom. The molecular formula is C39H41ClN6O13. The molecule has 0 radical (unpaired) electrons. The number of ether oxygens (including phenoxy) is 2. The van der Waals surface area contributed by atoms with Crippen LogP contribution < -0.4 is 31.2 Å². The van der Waals surface area contributed by atoms with E-state index in [1.807, 2.05) is 13.8 Å². The molecule has 0 fully saturated rings. The Labute approximate surface area is 342 Å². The van der Waals surface area contributed by atoms with E-state index in [1.54, 1.807) is 30.3 Å². The SMILES string of the molecule is CC(C)C[C@@H](N)C(=O)N[C@H]1Cc2ccc(c([N+](=O)[O-])c2)Oc2cc(cc(Oc3ccc([N+](=O)[O-])cc3)c2O)[C@H]([C@@H](O)C(=O)O)NC(=O)[C@@H](Cc2ccccc2)NC1=O.Cl. The van der Waals surface area contributed by atoms with E-state index in [4.69, 9.17) is 15.2 Å². The molecule has 2 aliphatic rings. The highest BCUT2D eigenvalue weighted by Gasteiger charge is 2.36. The summed E-state index contributed by atoms with van der Waals surface area (Å²) in [4.78, 5) is 76.0. The fraction of sp³-hybridized carbons (Fsp3) is 0.282. The minimum absolute atomic E-state index is 0. The molecule has 0 saturated heterocycles. The van der Waals surface area contributed by atoms with Gasteiger partial charge in [-0.25, -0.2) is 4.79 Å². The van der Waals surface area contributed by atoms with Crippen molar-refractivity contribution in [2.75, 3.05) is 0 Å². The number of aromatic hydroxyl groups is 1. The summed E-state index contributed by atoms with van der Waals surface area (Å²) < 4.78 is 11.6. The van der Waals surface area contributed by atoms with Gasteiger partial charge in [-0.3, -0.25) is 34.6 Å². The molecule has 59 heavy (non-hydrogen) atoms. The second kappa shape index (κ2) is 19.5. The highest BCUT2D eigenvalue weighted by atomic mass is 35.5. The molecular weight excluding hydrogens is 796 g/mol. The molecule has 19 nitrogen and oxygen atoms in total. The van der Waals surface area contributed by atoms with Crippen LogP contribution in [0.3, 0.4) is 0 Å². The molecule has 0 aromatic heterocycles. The summed E-state index contributed by atoms with van der Waals surface area (Å²) in [6, 6.07) is 12.9. The van der Waals surface area contributed by atoms with Crippen LogP contribution in [-0.2, 0) is 32.0 Å². The molecule has 20 heteroatoms. The van der Waals surface area contributed by atoms with Crippen molar-refractivity contribution in [2.45, 2.75) is 63.4 Å². The fourth-order valence-corrected chi connectivity index (χ4v) is 6.15. The van der Waals surface area contributed by atoms with Crippen molar-refractivity contribution >= 4 is 47.5 Å². The lowest BCUT2D eigenvalue weighted by molar-refractivity contribution is -0.385. The van der Waals surface area contributed by atoms with Gasteiger partial charge in [0.1, 0.15) is 17.8 Å². The monoisotopic (exact) mass is 836 g/mol. The lowest BCUT2D eigenvalue weighted by Crippen LogP contribution is -2.57. The Bertz CT molecular complexity index is 2210. The van der Waals surface area contributed by atoms with Crippen LogP contribution in [0.2, 0.25) is 0 Å². The van der Waals surface area contributed by atoms with Crippen LogP contribution in [0.4, 0.5) is 11.4 Å². The van der Waals surface area contributed by atoms with E-state index in [2.05, 4.69) is 16.0 Å². The van der Waals surface area contributed by atoms with Gasteiger partial charge in [-0.05, 0) is 59.4 Å². The number of hydrogen-bond donors (Lipinski definition) is 7. The number of carboxylic acids is 1. The third kappa shape index (κ3) is 11.4. The van der Waals surface area contributed by atoms with Crippen LogP contribution in [-0.4, -0.2) is 73.1 Å². The van der Waals surface area contributed by atoms with Gasteiger partial charge in [-0.1, -0.05) is 50.2 Å². The van der Waals surface area contributed by atoms with E-state index >= 15 is 0 Å². The lowest BCUT2D eigenvalue weighted by Gasteiger charge is -2.28. The van der Waals surface area contributed by atoms with E-state index in [1.165, 1.54) is 24.3 Å². The number of nitro groups is 2. The molecule has 3 amide bonds. The Morgan fingerprint density at radius 2 is 1.63 bits per heavy atom. The Kier molecular flexibility index (Phi) is 14.9. The second-order valence-electron chi connectivity index (χ2n) is 13.9. The van der Waals surface area contributed by atoms with Gasteiger partial charge in [-0.15, -0.1) is 12.4 Å². The number of carbonyl (C=O) groups excluding carboxylic acids is 3. The molecule has 2 aliphatic heterocycles. The molecule has 0 spiro atoms. The number of phenols is 1. The van der Waals surface area contributed by atoms with Crippen LogP contribution in [0, 0.1) is 26.1 Å². The minimum Gasteiger partial charge on any atom is -0.502 e. The molecule has 8 N–H and O–H groups in total. The standard InChI is InChI=1S/C39H40N6O13.ClH/c1-20(2)14-26(40)36(48)41-28-16-22-8-13-30(29(17-22)45(55)56)58-32-19-23(18-31(34(32)46)57-25-11-9-24(10-12-25)44(53)54)33(35(47)39(51)52)43-38(50)27(42-37(28)49)15-21-6-4-3-5-7-21;/h3-13,17-20,26-28,33,35,46-47H,14-16,40H2,1-2H3,(H,41,48)(H,42,49)(H,43,50)(H,51,52);1H/t26-,27-,28+,33-,35-;/m1./s1. The first-order valence-corrected chi connectivity index (χ1v) is 17.9. The summed E-state index contributed by atoms with van der Waals surface area (Å²) >= 11 is 0. The van der Waals surface area contributed by atoms with Crippen molar-refractivity contribution in [3.05, 3.63) is 122 Å². The first kappa shape index (κ1) is 44.9. The first-order valence-electron chi connectivity index (χ1n) is 17.9. The highest BCUT2D eigenvalue weighted by molar-refractivity contribution is 5.93. The number of fused-ring (bicyclic) bond motifs is 9. The fourth-order valence-electron chi connectivity index (χ4n) is 6.15. The number of aliphatic carboxylic acids is 1. The van der Waals surface area contributed by atoms with E-state index in [9.17, 15) is 54.7 Å². The lowest BCUT2D eigenvalue weighted by atomic mass is 9.97. The number of aliphatic hydroxyl groups excluding tert-OH is 1. The summed E-state index contributed by atoms with van der Waals surface area (Å²) in [5, 5.41) is 63.7. The number of benzene rings is 4. The molecule has 4 aromatic rings. The molecule has 0 unspecified atom stereocenters. The number of carbonyl (C=O) groups is 4. The minimum atomic E-state index is -2.39. The van der Waals surface area contributed by atoms with Crippen molar-refractivity contribution in [1.29, 1.82) is 0 Å². The van der Waals surface area contributed by atoms with Crippen LogP contribution in [0.15, 0.2) is 84.9 Å². The Morgan fingerprint density at radius 3 is 2.24 bits per heavy atom. The number of nitrogens with zero attached hydrogens (tertiary/aromatic N) is 2. The third-order valence-electron chi connectivity index (χ3n) is 9.05. The van der Waals surface area contributed by atoms with Crippen molar-refractivity contribution in [3.63, 3.8) is 0 Å². The number of aliphatic hydroxyl groups is 1. The molecule has 2 heterocycles. The molecule has 4 aromatic carbocycles. The molecule has 312 valence electrons. The van der Waals surface area contributed by atoms with E-state index in [-0.39, 0.29) is 60.2 Å². The number of nitro benzene ring substituents is 2. The van der Waals surface area contributed by atoms with Crippen molar-refractivity contribution in [3.8, 4) is 28.7 Å². The highest BCUT2D eigenvalue weighted by Crippen LogP contribution is 2.45. The van der Waals surface area contributed by atoms with Crippen LogP contribution in [0.5, 0.6) is 28.7 Å². The molecule has 0 saturated carbocycles. The zero-order valence-corrected chi connectivity index (χ0v) is 32.3. The maximum Gasteiger partial charge on any atom is 0.335 e. The summed E-state index contributed by atoms with van der Waals surface area (Å²) in [6.45, 7) is 3.69. The topological polar surface area (TPSA) is 296 Å². The van der Waals surface area contributed by atoms with E-state index < -0.39 is 92.5 Å². The molecule has 6 rings (SSSR count). The average Bonchev–Trinajstić information content (AvgIpc) is 3.17. The maximum absolute atomic E-state index is 14.2. The van der Waals surface area contributed by atoms with E-state index in [0.29, 0.717) is 5.56 Å². The van der Waals surface area contributed by atoms with Crippen molar-refractivity contribution < 1.29 is 53.8 Å². The summed E-state index contributed by atoms with van der Waals surface area (Å²) in [5.41, 5.74) is 5.66. The predicted octanol–water partition coefficient (Wildman–Crippen LogP) is 3.96. The number of carboxylic acid groups (broad SMARTS) is 1. The zero-order chi connectivity index (χ0) is 42.3. The molecule has 0 aliphatic carbocycles. The van der Waals surface area contributed by atoms with Gasteiger partial charge in [0.2, 0.25) is 29.2 Å². The number of nitrogens with one attached hydrogen (secondary N) is 3. The van der Waals surface area contributed by atoms with Crippen LogP contribution in [0.25, 0.3) is 0 Å². The Balaban J connectivity index is 0.00000769. The van der Waals surface area contributed by atoms with Gasteiger partial charge in [0.25, 0.3) is 5.69 Å². The maximum atomic E-state index is 14.2. The number of phenolic OH excluding ortho intramolecular Hbond substituents is 1. The quantitative estimate of drug-likeness (QED) is 0.0785. The number of nitrogens with two attached hydrogens (primary N) is 1. The largest absolute Gasteiger partial charge is 0.502 e. The first-order chi connectivity index (χ1) is 27.5. The van der Waals surface area contributed by atoms with Crippen molar-refractivity contribution in [1.82, 2.24) is 16.0 Å². The normalized spacial score (nSPS) is 17.6. The van der Waals surface area contributed by atoms with Gasteiger partial charge < -0.3 is 46.5 Å². The van der Waals surface area contributed by atoms with Crippen molar-refractivity contribution in [2.24, 2.45) is 11.7 Å².